The van der Waals surface area contributed by atoms with Crippen molar-refractivity contribution in [3.8, 4) is 0 Å². The number of hydrogen-bond acceptors (Lipinski definition) is 1. The molecule has 1 unspecified atom stereocenters. The molecule has 2 heteroatoms. The highest BCUT2D eigenvalue weighted by atomic mass is 16.1. The lowest BCUT2D eigenvalue weighted by molar-refractivity contribution is -0.126. The molecule has 0 saturated heterocycles. The highest BCUT2D eigenvalue weighted by Crippen LogP contribution is 2.33. The molecule has 0 N–H and O–H groups in total. The van der Waals surface area contributed by atoms with E-state index in [1.165, 1.54) is 0 Å². The molecule has 0 aromatic carbocycles. The smallest absolute Gasteiger partial charge is 0.137 e. The predicted octanol–water partition coefficient (Wildman–Crippen LogP) is 2.99. The van der Waals surface area contributed by atoms with Crippen LogP contribution >= 0.6 is 0 Å². The van der Waals surface area contributed by atoms with E-state index in [0.717, 1.165) is 0 Å². The van der Waals surface area contributed by atoms with Gasteiger partial charge in [0.1, 0.15) is 5.78 Å². The molecule has 0 aliphatic heterocycles. The summed E-state index contributed by atoms with van der Waals surface area (Å²) in [6.45, 7) is 12.0. The van der Waals surface area contributed by atoms with Crippen molar-refractivity contribution >= 4 is 13.6 Å². The Bertz CT molecular complexity index is 183. The van der Waals surface area contributed by atoms with Crippen molar-refractivity contribution in [1.82, 2.24) is 0 Å². The zero-order valence-corrected chi connectivity index (χ0v) is 9.77. The monoisotopic (exact) mass is 180 g/mol. The largest absolute Gasteiger partial charge is 0.299 e. The van der Waals surface area contributed by atoms with E-state index in [-0.39, 0.29) is 22.4 Å². The van der Waals surface area contributed by atoms with E-state index >= 15 is 0 Å². The van der Waals surface area contributed by atoms with Crippen LogP contribution in [-0.2, 0) is 4.79 Å². The van der Waals surface area contributed by atoms with Gasteiger partial charge in [-0.25, -0.2) is 0 Å². The molecule has 0 rings (SSSR count). The van der Waals surface area contributed by atoms with Gasteiger partial charge in [-0.05, 0) is 5.41 Å². The van der Waals surface area contributed by atoms with E-state index in [1.807, 2.05) is 20.8 Å². The summed E-state index contributed by atoms with van der Waals surface area (Å²) in [4.78, 5) is 11.6. The molecule has 2 radical (unpaired) electrons. The molecular formula is C11H21BO. The summed E-state index contributed by atoms with van der Waals surface area (Å²) in [6.07, 6.45) is 0.479. The molecule has 0 spiro atoms. The normalized spacial score (nSPS) is 15.5. The SMILES string of the molecule is [B]C(CC(=O)C(C)(C)C)C(C)(C)C. The van der Waals surface area contributed by atoms with Crippen LogP contribution in [0.2, 0.25) is 5.82 Å². The van der Waals surface area contributed by atoms with Crippen molar-refractivity contribution in [3.05, 3.63) is 0 Å². The lowest BCUT2D eigenvalue weighted by Crippen LogP contribution is -2.25. The van der Waals surface area contributed by atoms with Gasteiger partial charge >= 0.3 is 0 Å². The first-order valence-electron chi connectivity index (χ1n) is 4.84. The van der Waals surface area contributed by atoms with Gasteiger partial charge in [-0.15, -0.1) is 0 Å². The fraction of sp³-hybridized carbons (Fsp3) is 0.909. The molecule has 0 heterocycles. The molecule has 0 aromatic rings. The maximum Gasteiger partial charge on any atom is 0.137 e. The summed E-state index contributed by atoms with van der Waals surface area (Å²) in [7, 11) is 5.93. The topological polar surface area (TPSA) is 17.1 Å². The third-order valence-electron chi connectivity index (χ3n) is 2.35. The minimum atomic E-state index is -0.261. The Kier molecular flexibility index (Phi) is 3.77. The van der Waals surface area contributed by atoms with Crippen molar-refractivity contribution < 1.29 is 4.79 Å². The van der Waals surface area contributed by atoms with Crippen molar-refractivity contribution in [1.29, 1.82) is 0 Å². The Morgan fingerprint density at radius 3 is 1.77 bits per heavy atom. The molecule has 74 valence electrons. The standard InChI is InChI=1S/C11H21BO/c1-10(2,3)8(12)7-9(13)11(4,5)6/h8H,7H2,1-6H3. The number of Topliss-reactive ketones (excluding diaryl/α,β-unsaturated/α-hetero) is 1. The molecule has 0 bridgehead atoms. The highest BCUT2D eigenvalue weighted by molar-refractivity contribution is 6.14. The van der Waals surface area contributed by atoms with Crippen molar-refractivity contribution in [3.63, 3.8) is 0 Å². The Balaban J connectivity index is 4.24. The zero-order chi connectivity index (χ0) is 10.9. The molecule has 0 amide bonds. The van der Waals surface area contributed by atoms with Crippen LogP contribution in [0.1, 0.15) is 48.0 Å². The quantitative estimate of drug-likeness (QED) is 0.597. The third kappa shape index (κ3) is 4.49. The van der Waals surface area contributed by atoms with Gasteiger partial charge in [0.2, 0.25) is 0 Å². The number of hydrogen-bond donors (Lipinski definition) is 0. The van der Waals surface area contributed by atoms with Gasteiger partial charge in [0, 0.05) is 11.8 Å². The van der Waals surface area contributed by atoms with Gasteiger partial charge in [0.15, 0.2) is 0 Å². The molecule has 0 aliphatic rings. The van der Waals surface area contributed by atoms with E-state index in [0.29, 0.717) is 6.42 Å². The van der Waals surface area contributed by atoms with Crippen LogP contribution in [0.25, 0.3) is 0 Å². The fourth-order valence-corrected chi connectivity index (χ4v) is 0.812. The zero-order valence-electron chi connectivity index (χ0n) is 9.77. The van der Waals surface area contributed by atoms with Gasteiger partial charge in [-0.1, -0.05) is 47.4 Å². The Labute approximate surface area is 83.7 Å². The molecule has 0 aromatic heterocycles. The van der Waals surface area contributed by atoms with Gasteiger partial charge in [-0.3, -0.25) is 4.79 Å². The fourth-order valence-electron chi connectivity index (χ4n) is 0.812. The summed E-state index contributed by atoms with van der Waals surface area (Å²) in [5.41, 5.74) is -0.246. The second-order valence-electron chi connectivity index (χ2n) is 5.85. The average molecular weight is 180 g/mol. The predicted molar refractivity (Wildman–Crippen MR) is 58.0 cm³/mol. The Morgan fingerprint density at radius 2 is 1.54 bits per heavy atom. The molecule has 0 aliphatic carbocycles. The molecular weight excluding hydrogens is 159 g/mol. The second-order valence-corrected chi connectivity index (χ2v) is 5.85. The van der Waals surface area contributed by atoms with Crippen LogP contribution in [0.15, 0.2) is 0 Å². The molecule has 13 heavy (non-hydrogen) atoms. The van der Waals surface area contributed by atoms with E-state index < -0.39 is 0 Å². The number of carbonyl (C=O) groups excluding carboxylic acids is 1. The van der Waals surface area contributed by atoms with E-state index in [9.17, 15) is 4.79 Å². The third-order valence-corrected chi connectivity index (χ3v) is 2.35. The molecule has 1 nitrogen and oxygen atoms in total. The van der Waals surface area contributed by atoms with Crippen LogP contribution in [0, 0.1) is 10.8 Å². The van der Waals surface area contributed by atoms with Gasteiger partial charge in [0.05, 0.1) is 7.85 Å². The van der Waals surface area contributed by atoms with Gasteiger partial charge in [-0.2, -0.15) is 0 Å². The first kappa shape index (κ1) is 12.7. The summed E-state index contributed by atoms with van der Waals surface area (Å²) in [5, 5.41) is 0. The number of carbonyl (C=O) groups is 1. The summed E-state index contributed by atoms with van der Waals surface area (Å²) in [6, 6.07) is 0. The average Bonchev–Trinajstić information content (AvgIpc) is 1.82. The van der Waals surface area contributed by atoms with E-state index in [4.69, 9.17) is 7.85 Å². The lowest BCUT2D eigenvalue weighted by atomic mass is 9.64. The van der Waals surface area contributed by atoms with Gasteiger partial charge in [0.25, 0.3) is 0 Å². The minimum absolute atomic E-state index is 0.0148. The van der Waals surface area contributed by atoms with Crippen LogP contribution in [0.3, 0.4) is 0 Å². The maximum atomic E-state index is 11.6. The molecule has 1 atom stereocenters. The first-order valence-corrected chi connectivity index (χ1v) is 4.84. The van der Waals surface area contributed by atoms with Crippen LogP contribution < -0.4 is 0 Å². The maximum absolute atomic E-state index is 11.6. The van der Waals surface area contributed by atoms with Crippen molar-refractivity contribution in [2.75, 3.05) is 0 Å². The number of ketones is 1. The Hall–Kier alpha value is -0.265. The summed E-state index contributed by atoms with van der Waals surface area (Å²) in [5.74, 6) is 0.203. The van der Waals surface area contributed by atoms with Crippen LogP contribution in [0.5, 0.6) is 0 Å². The summed E-state index contributed by atoms with van der Waals surface area (Å²) >= 11 is 0. The molecule has 0 saturated carbocycles. The lowest BCUT2D eigenvalue weighted by Gasteiger charge is -2.29. The minimum Gasteiger partial charge on any atom is -0.299 e. The van der Waals surface area contributed by atoms with Gasteiger partial charge < -0.3 is 0 Å². The first-order chi connectivity index (χ1) is 5.55. The number of rotatable bonds is 2. The van der Waals surface area contributed by atoms with E-state index in [2.05, 4.69) is 20.8 Å². The van der Waals surface area contributed by atoms with Crippen molar-refractivity contribution in [2.45, 2.75) is 53.8 Å². The second kappa shape index (κ2) is 3.85. The Morgan fingerprint density at radius 1 is 1.15 bits per heavy atom. The summed E-state index contributed by atoms with van der Waals surface area (Å²) < 4.78 is 0. The van der Waals surface area contributed by atoms with Crippen molar-refractivity contribution in [2.24, 2.45) is 10.8 Å². The van der Waals surface area contributed by atoms with Crippen LogP contribution in [0.4, 0.5) is 0 Å². The van der Waals surface area contributed by atoms with E-state index in [1.54, 1.807) is 0 Å². The highest BCUT2D eigenvalue weighted by Gasteiger charge is 2.27. The van der Waals surface area contributed by atoms with Crippen LogP contribution in [-0.4, -0.2) is 13.6 Å². The molecule has 0 fully saturated rings.